The number of nitrogens with zero attached hydrogens (tertiary/aromatic N) is 2. The third-order valence-electron chi connectivity index (χ3n) is 2.20. The molecule has 0 saturated carbocycles. The number of esters is 1. The molecule has 0 radical (unpaired) electrons. The number of rotatable bonds is 1. The minimum Gasteiger partial charge on any atom is -0.465 e. The molecular weight excluding hydrogens is 192 g/mol. The van der Waals surface area contributed by atoms with Gasteiger partial charge in [-0.05, 0) is 19.1 Å². The highest BCUT2D eigenvalue weighted by Crippen LogP contribution is 2.17. The Bertz CT molecular complexity index is 523. The second-order valence-corrected chi connectivity index (χ2v) is 3.27. The van der Waals surface area contributed by atoms with Gasteiger partial charge >= 0.3 is 5.97 Å². The number of ether oxygens (including phenoxy) is 1. The summed E-state index contributed by atoms with van der Waals surface area (Å²) in [5, 5.41) is 8.48. The molecule has 0 unspecified atom stereocenters. The Hall–Kier alpha value is -1.97. The standard InChI is InChI=1S/C11H10N2O2/c1-7-3-4-10-8(5-7)9(6-12-13-10)11(14)15-2/h3-6H,1-2H3. The smallest absolute Gasteiger partial charge is 0.340 e. The Morgan fingerprint density at radius 2 is 2.20 bits per heavy atom. The lowest BCUT2D eigenvalue weighted by Crippen LogP contribution is -2.03. The van der Waals surface area contributed by atoms with Crippen molar-refractivity contribution in [1.29, 1.82) is 0 Å². The normalized spacial score (nSPS) is 10.3. The molecule has 0 fully saturated rings. The molecule has 76 valence electrons. The highest BCUT2D eigenvalue weighted by atomic mass is 16.5. The van der Waals surface area contributed by atoms with Crippen molar-refractivity contribution in [3.05, 3.63) is 35.5 Å². The van der Waals surface area contributed by atoms with Crippen LogP contribution in [-0.2, 0) is 4.74 Å². The van der Waals surface area contributed by atoms with Gasteiger partial charge in [0.05, 0.1) is 24.4 Å². The van der Waals surface area contributed by atoms with E-state index in [2.05, 4.69) is 14.9 Å². The Labute approximate surface area is 86.9 Å². The average molecular weight is 202 g/mol. The molecule has 15 heavy (non-hydrogen) atoms. The van der Waals surface area contributed by atoms with Crippen molar-refractivity contribution in [2.75, 3.05) is 7.11 Å². The number of benzene rings is 1. The molecule has 2 rings (SSSR count). The monoisotopic (exact) mass is 202 g/mol. The summed E-state index contributed by atoms with van der Waals surface area (Å²) in [5.41, 5.74) is 2.22. The van der Waals surface area contributed by atoms with Gasteiger partial charge in [-0.3, -0.25) is 0 Å². The maximum Gasteiger partial charge on any atom is 0.340 e. The van der Waals surface area contributed by atoms with Gasteiger partial charge in [-0.1, -0.05) is 11.6 Å². The first-order chi connectivity index (χ1) is 7.22. The highest BCUT2D eigenvalue weighted by Gasteiger charge is 2.11. The van der Waals surface area contributed by atoms with Crippen LogP contribution in [-0.4, -0.2) is 23.3 Å². The summed E-state index contributed by atoms with van der Waals surface area (Å²) in [4.78, 5) is 11.4. The van der Waals surface area contributed by atoms with E-state index < -0.39 is 0 Å². The van der Waals surface area contributed by atoms with Crippen LogP contribution in [0.1, 0.15) is 15.9 Å². The first-order valence-corrected chi connectivity index (χ1v) is 4.53. The first kappa shape index (κ1) is 9.58. The molecule has 0 aliphatic heterocycles. The van der Waals surface area contributed by atoms with Crippen molar-refractivity contribution in [3.8, 4) is 0 Å². The fourth-order valence-electron chi connectivity index (χ4n) is 1.44. The van der Waals surface area contributed by atoms with E-state index in [9.17, 15) is 4.79 Å². The second-order valence-electron chi connectivity index (χ2n) is 3.27. The lowest BCUT2D eigenvalue weighted by atomic mass is 10.1. The molecule has 4 heteroatoms. The molecule has 0 N–H and O–H groups in total. The lowest BCUT2D eigenvalue weighted by molar-refractivity contribution is 0.0602. The Morgan fingerprint density at radius 1 is 1.40 bits per heavy atom. The summed E-state index contributed by atoms with van der Waals surface area (Å²) in [5.74, 6) is -0.388. The van der Waals surface area contributed by atoms with Crippen molar-refractivity contribution in [1.82, 2.24) is 10.2 Å². The largest absolute Gasteiger partial charge is 0.465 e. The van der Waals surface area contributed by atoms with E-state index in [0.29, 0.717) is 11.1 Å². The lowest BCUT2D eigenvalue weighted by Gasteiger charge is -2.03. The molecule has 0 spiro atoms. The SMILES string of the molecule is COC(=O)c1cnnc2ccc(C)cc12. The summed E-state index contributed by atoms with van der Waals surface area (Å²) < 4.78 is 4.68. The zero-order valence-corrected chi connectivity index (χ0v) is 8.52. The van der Waals surface area contributed by atoms with Crippen LogP contribution >= 0.6 is 0 Å². The quantitative estimate of drug-likeness (QED) is 0.661. The van der Waals surface area contributed by atoms with Gasteiger partial charge in [-0.15, -0.1) is 0 Å². The minimum absolute atomic E-state index is 0.388. The molecule has 1 aromatic carbocycles. The molecule has 0 bridgehead atoms. The van der Waals surface area contributed by atoms with Crippen LogP contribution in [0.2, 0.25) is 0 Å². The van der Waals surface area contributed by atoms with E-state index >= 15 is 0 Å². The van der Waals surface area contributed by atoms with Gasteiger partial charge in [0.25, 0.3) is 0 Å². The van der Waals surface area contributed by atoms with Crippen LogP contribution in [0.4, 0.5) is 0 Å². The van der Waals surface area contributed by atoms with Gasteiger partial charge in [0.2, 0.25) is 0 Å². The molecule has 1 heterocycles. The number of aromatic nitrogens is 2. The maximum absolute atomic E-state index is 11.4. The van der Waals surface area contributed by atoms with E-state index in [-0.39, 0.29) is 5.97 Å². The van der Waals surface area contributed by atoms with Gasteiger partial charge in [-0.25, -0.2) is 4.79 Å². The summed E-state index contributed by atoms with van der Waals surface area (Å²) in [6, 6.07) is 5.67. The van der Waals surface area contributed by atoms with Crippen molar-refractivity contribution in [3.63, 3.8) is 0 Å². The molecule has 1 aromatic heterocycles. The van der Waals surface area contributed by atoms with Crippen LogP contribution in [0, 0.1) is 6.92 Å². The number of carbonyl (C=O) groups excluding carboxylic acids is 1. The molecule has 2 aromatic rings. The van der Waals surface area contributed by atoms with Gasteiger partial charge < -0.3 is 4.74 Å². The number of aryl methyl sites for hydroxylation is 1. The minimum atomic E-state index is -0.388. The number of methoxy groups -OCH3 is 1. The Kier molecular flexibility index (Phi) is 2.33. The van der Waals surface area contributed by atoms with E-state index in [1.807, 2.05) is 25.1 Å². The van der Waals surface area contributed by atoms with Crippen LogP contribution in [0.25, 0.3) is 10.9 Å². The Morgan fingerprint density at radius 3 is 2.93 bits per heavy atom. The first-order valence-electron chi connectivity index (χ1n) is 4.53. The summed E-state index contributed by atoms with van der Waals surface area (Å²) in [7, 11) is 1.35. The summed E-state index contributed by atoms with van der Waals surface area (Å²) in [6.45, 7) is 1.96. The van der Waals surface area contributed by atoms with E-state index in [0.717, 1.165) is 10.9 Å². The molecule has 0 aliphatic carbocycles. The topological polar surface area (TPSA) is 52.1 Å². The molecule has 0 atom stereocenters. The Balaban J connectivity index is 2.74. The molecule has 4 nitrogen and oxygen atoms in total. The predicted octanol–water partition coefficient (Wildman–Crippen LogP) is 1.72. The van der Waals surface area contributed by atoms with Crippen molar-refractivity contribution in [2.45, 2.75) is 6.92 Å². The fraction of sp³-hybridized carbons (Fsp3) is 0.182. The van der Waals surface area contributed by atoms with Gasteiger partial charge in [-0.2, -0.15) is 10.2 Å². The number of hydrogen-bond acceptors (Lipinski definition) is 4. The summed E-state index contributed by atoms with van der Waals surface area (Å²) >= 11 is 0. The van der Waals surface area contributed by atoms with E-state index in [4.69, 9.17) is 0 Å². The van der Waals surface area contributed by atoms with Crippen molar-refractivity contribution in [2.24, 2.45) is 0 Å². The third-order valence-corrected chi connectivity index (χ3v) is 2.20. The highest BCUT2D eigenvalue weighted by molar-refractivity contribution is 6.02. The van der Waals surface area contributed by atoms with Gasteiger partial charge in [0.1, 0.15) is 0 Å². The van der Waals surface area contributed by atoms with Crippen LogP contribution < -0.4 is 0 Å². The van der Waals surface area contributed by atoms with E-state index in [1.54, 1.807) is 0 Å². The number of carbonyl (C=O) groups is 1. The van der Waals surface area contributed by atoms with Gasteiger partial charge in [0, 0.05) is 5.39 Å². The van der Waals surface area contributed by atoms with Crippen LogP contribution in [0.3, 0.4) is 0 Å². The number of hydrogen-bond donors (Lipinski definition) is 0. The zero-order valence-electron chi connectivity index (χ0n) is 8.52. The van der Waals surface area contributed by atoms with Crippen molar-refractivity contribution >= 4 is 16.9 Å². The maximum atomic E-state index is 11.4. The zero-order chi connectivity index (χ0) is 10.8. The molecule has 0 amide bonds. The summed E-state index contributed by atoms with van der Waals surface area (Å²) in [6.07, 6.45) is 1.42. The second kappa shape index (κ2) is 3.65. The molecular formula is C11H10N2O2. The van der Waals surface area contributed by atoms with Crippen LogP contribution in [0.15, 0.2) is 24.4 Å². The average Bonchev–Trinajstić information content (AvgIpc) is 2.27. The van der Waals surface area contributed by atoms with E-state index in [1.165, 1.54) is 13.3 Å². The van der Waals surface area contributed by atoms with Crippen LogP contribution in [0.5, 0.6) is 0 Å². The number of fused-ring (bicyclic) bond motifs is 1. The van der Waals surface area contributed by atoms with Crippen molar-refractivity contribution < 1.29 is 9.53 Å². The fourth-order valence-corrected chi connectivity index (χ4v) is 1.44. The predicted molar refractivity (Wildman–Crippen MR) is 55.6 cm³/mol. The van der Waals surface area contributed by atoms with Gasteiger partial charge in [0.15, 0.2) is 0 Å². The molecule has 0 aliphatic rings. The molecule has 0 saturated heterocycles. The third kappa shape index (κ3) is 1.66.